The molecule has 2 rings (SSSR count). The van der Waals surface area contributed by atoms with Gasteiger partial charge in [0.05, 0.1) is 13.0 Å². The van der Waals surface area contributed by atoms with E-state index in [1.54, 1.807) is 24.4 Å². The summed E-state index contributed by atoms with van der Waals surface area (Å²) < 4.78 is 5.80. The fourth-order valence-corrected chi connectivity index (χ4v) is 2.59. The van der Waals surface area contributed by atoms with Crippen LogP contribution in [0.1, 0.15) is 22.4 Å². The Morgan fingerprint density at radius 3 is 2.71 bits per heavy atom. The first kappa shape index (κ1) is 15.7. The zero-order valence-electron chi connectivity index (χ0n) is 11.3. The summed E-state index contributed by atoms with van der Waals surface area (Å²) in [4.78, 5) is 27.5. The van der Waals surface area contributed by atoms with Gasteiger partial charge in [0, 0.05) is 15.5 Å². The molecular formula is C14H13BrN2O3S. The molecule has 1 aromatic heterocycles. The van der Waals surface area contributed by atoms with Crippen LogP contribution in [0.2, 0.25) is 0 Å². The summed E-state index contributed by atoms with van der Waals surface area (Å²) in [6.45, 7) is 2.03. The minimum Gasteiger partial charge on any atom is -0.461 e. The quantitative estimate of drug-likeness (QED) is 0.822. The first-order chi connectivity index (χ1) is 10.1. The number of aromatic nitrogens is 1. The van der Waals surface area contributed by atoms with Crippen molar-refractivity contribution in [3.8, 4) is 0 Å². The van der Waals surface area contributed by atoms with E-state index < -0.39 is 5.97 Å². The van der Waals surface area contributed by atoms with Crippen molar-refractivity contribution in [1.82, 2.24) is 4.98 Å². The van der Waals surface area contributed by atoms with Crippen molar-refractivity contribution in [1.29, 1.82) is 0 Å². The van der Waals surface area contributed by atoms with Crippen LogP contribution in [-0.4, -0.2) is 23.5 Å². The Hall–Kier alpha value is -1.73. The van der Waals surface area contributed by atoms with Crippen molar-refractivity contribution in [2.75, 3.05) is 11.9 Å². The van der Waals surface area contributed by atoms with Crippen LogP contribution in [0.15, 0.2) is 34.1 Å². The average Bonchev–Trinajstić information content (AvgIpc) is 2.90. The molecule has 21 heavy (non-hydrogen) atoms. The molecule has 0 saturated heterocycles. The van der Waals surface area contributed by atoms with Gasteiger partial charge in [-0.15, -0.1) is 11.3 Å². The summed E-state index contributed by atoms with van der Waals surface area (Å²) in [6.07, 6.45) is 0.125. The van der Waals surface area contributed by atoms with Crippen molar-refractivity contribution in [3.63, 3.8) is 0 Å². The number of hydrogen-bond donors (Lipinski definition) is 1. The third kappa shape index (κ3) is 4.64. The summed E-state index contributed by atoms with van der Waals surface area (Å²) in [6, 6.07) is 7.29. The maximum absolute atomic E-state index is 11.9. The Kier molecular flexibility index (Phi) is 5.46. The van der Waals surface area contributed by atoms with Crippen LogP contribution < -0.4 is 5.32 Å². The molecule has 1 aromatic carbocycles. The topological polar surface area (TPSA) is 68.3 Å². The molecule has 7 heteroatoms. The van der Waals surface area contributed by atoms with E-state index in [9.17, 15) is 9.59 Å². The van der Waals surface area contributed by atoms with E-state index in [2.05, 4.69) is 26.2 Å². The van der Waals surface area contributed by atoms with E-state index >= 15 is 0 Å². The lowest BCUT2D eigenvalue weighted by molar-refractivity contribution is -0.115. The Bertz CT molecular complexity index is 640. The van der Waals surface area contributed by atoms with Gasteiger partial charge in [0.15, 0.2) is 5.69 Å². The van der Waals surface area contributed by atoms with Crippen LogP contribution in [0.25, 0.3) is 0 Å². The van der Waals surface area contributed by atoms with Crippen LogP contribution in [-0.2, 0) is 16.0 Å². The van der Waals surface area contributed by atoms with E-state index in [0.29, 0.717) is 17.3 Å². The van der Waals surface area contributed by atoms with E-state index in [-0.39, 0.29) is 18.0 Å². The van der Waals surface area contributed by atoms with E-state index in [0.717, 1.165) is 4.47 Å². The Labute approximate surface area is 134 Å². The van der Waals surface area contributed by atoms with Gasteiger partial charge in [-0.2, -0.15) is 0 Å². The molecule has 0 aliphatic carbocycles. The SMILES string of the molecule is CCOC(=O)c1csc(CC(=O)Nc2ccc(Br)cc2)n1. The van der Waals surface area contributed by atoms with E-state index in [1.807, 2.05) is 12.1 Å². The highest BCUT2D eigenvalue weighted by atomic mass is 79.9. The highest BCUT2D eigenvalue weighted by Gasteiger charge is 2.13. The number of hydrogen-bond acceptors (Lipinski definition) is 5. The number of benzene rings is 1. The Morgan fingerprint density at radius 2 is 2.05 bits per heavy atom. The highest BCUT2D eigenvalue weighted by Crippen LogP contribution is 2.16. The Morgan fingerprint density at radius 1 is 1.33 bits per heavy atom. The molecule has 2 aromatic rings. The van der Waals surface area contributed by atoms with Crippen LogP contribution in [0.5, 0.6) is 0 Å². The standard InChI is InChI=1S/C14H13BrN2O3S/c1-2-20-14(19)11-8-21-13(17-11)7-12(18)16-10-5-3-9(15)4-6-10/h3-6,8H,2,7H2,1H3,(H,16,18). The van der Waals surface area contributed by atoms with Crippen LogP contribution >= 0.6 is 27.3 Å². The van der Waals surface area contributed by atoms with Crippen molar-refractivity contribution in [3.05, 3.63) is 44.8 Å². The van der Waals surface area contributed by atoms with Gasteiger partial charge in [0.25, 0.3) is 0 Å². The number of halogens is 1. The van der Waals surface area contributed by atoms with Gasteiger partial charge in [-0.25, -0.2) is 9.78 Å². The third-order valence-electron chi connectivity index (χ3n) is 2.48. The number of nitrogens with one attached hydrogen (secondary N) is 1. The first-order valence-corrected chi connectivity index (χ1v) is 7.92. The van der Waals surface area contributed by atoms with Crippen LogP contribution in [0.3, 0.4) is 0 Å². The minimum absolute atomic E-state index is 0.125. The van der Waals surface area contributed by atoms with Gasteiger partial charge in [0.1, 0.15) is 5.01 Å². The summed E-state index contributed by atoms with van der Waals surface area (Å²) >= 11 is 4.59. The maximum atomic E-state index is 11.9. The van der Waals surface area contributed by atoms with E-state index in [1.165, 1.54) is 11.3 Å². The van der Waals surface area contributed by atoms with Gasteiger partial charge in [-0.3, -0.25) is 4.79 Å². The fraction of sp³-hybridized carbons (Fsp3) is 0.214. The number of carbonyl (C=O) groups excluding carboxylic acids is 2. The summed E-state index contributed by atoms with van der Waals surface area (Å²) in [7, 11) is 0. The lowest BCUT2D eigenvalue weighted by atomic mass is 10.3. The van der Waals surface area contributed by atoms with Gasteiger partial charge in [-0.05, 0) is 31.2 Å². The van der Waals surface area contributed by atoms with Crippen LogP contribution in [0, 0.1) is 0 Å². The van der Waals surface area contributed by atoms with Crippen molar-refractivity contribution in [2.24, 2.45) is 0 Å². The second-order valence-corrected chi connectivity index (χ2v) is 5.94. The number of ether oxygens (including phenoxy) is 1. The van der Waals surface area contributed by atoms with Crippen molar-refractivity contribution in [2.45, 2.75) is 13.3 Å². The molecule has 0 fully saturated rings. The molecule has 0 atom stereocenters. The third-order valence-corrected chi connectivity index (χ3v) is 3.85. The molecule has 0 unspecified atom stereocenters. The summed E-state index contributed by atoms with van der Waals surface area (Å²) in [5.41, 5.74) is 0.957. The fourth-order valence-electron chi connectivity index (χ4n) is 1.57. The molecular weight excluding hydrogens is 356 g/mol. The molecule has 1 heterocycles. The summed E-state index contributed by atoms with van der Waals surface area (Å²) in [5.74, 6) is -0.643. The van der Waals surface area contributed by atoms with Crippen molar-refractivity contribution < 1.29 is 14.3 Å². The number of carbonyl (C=O) groups is 2. The van der Waals surface area contributed by atoms with Gasteiger partial charge < -0.3 is 10.1 Å². The summed E-state index contributed by atoms with van der Waals surface area (Å²) in [5, 5.41) is 4.95. The normalized spacial score (nSPS) is 10.2. The molecule has 0 radical (unpaired) electrons. The number of nitrogens with zero attached hydrogens (tertiary/aromatic N) is 1. The van der Waals surface area contributed by atoms with E-state index in [4.69, 9.17) is 4.74 Å². The molecule has 5 nitrogen and oxygen atoms in total. The lowest BCUT2D eigenvalue weighted by Crippen LogP contribution is -2.14. The predicted octanol–water partition coefficient (Wildman–Crippen LogP) is 3.26. The highest BCUT2D eigenvalue weighted by molar-refractivity contribution is 9.10. The Balaban J connectivity index is 1.93. The number of rotatable bonds is 5. The second-order valence-electron chi connectivity index (χ2n) is 4.08. The minimum atomic E-state index is -0.465. The number of anilines is 1. The van der Waals surface area contributed by atoms with Gasteiger partial charge >= 0.3 is 5.97 Å². The molecule has 1 N–H and O–H groups in total. The molecule has 110 valence electrons. The predicted molar refractivity (Wildman–Crippen MR) is 84.5 cm³/mol. The van der Waals surface area contributed by atoms with Gasteiger partial charge in [-0.1, -0.05) is 15.9 Å². The average molecular weight is 369 g/mol. The maximum Gasteiger partial charge on any atom is 0.357 e. The lowest BCUT2D eigenvalue weighted by Gasteiger charge is -2.03. The van der Waals surface area contributed by atoms with Crippen LogP contribution in [0.4, 0.5) is 5.69 Å². The van der Waals surface area contributed by atoms with Gasteiger partial charge in [0.2, 0.25) is 5.91 Å². The molecule has 0 aliphatic rings. The monoisotopic (exact) mass is 368 g/mol. The number of amides is 1. The molecule has 1 amide bonds. The second kappa shape index (κ2) is 7.33. The molecule has 0 aliphatic heterocycles. The number of esters is 1. The smallest absolute Gasteiger partial charge is 0.357 e. The molecule has 0 bridgehead atoms. The molecule has 0 saturated carbocycles. The largest absolute Gasteiger partial charge is 0.461 e. The zero-order chi connectivity index (χ0) is 15.2. The first-order valence-electron chi connectivity index (χ1n) is 6.25. The zero-order valence-corrected chi connectivity index (χ0v) is 13.7. The molecule has 0 spiro atoms. The van der Waals surface area contributed by atoms with Crippen molar-refractivity contribution >= 4 is 44.8 Å². The number of thiazole rings is 1.